The van der Waals surface area contributed by atoms with Crippen molar-refractivity contribution < 1.29 is 22.7 Å². The molecule has 0 fully saturated rings. The summed E-state index contributed by atoms with van der Waals surface area (Å²) in [5.74, 6) is -1.12. The molecule has 1 amide bonds. The maximum Gasteiger partial charge on any atom is 0.242 e. The zero-order valence-electron chi connectivity index (χ0n) is 23.9. The van der Waals surface area contributed by atoms with Crippen LogP contribution in [0.2, 0.25) is 10.0 Å². The lowest BCUT2D eigenvalue weighted by Crippen LogP contribution is -2.40. The summed E-state index contributed by atoms with van der Waals surface area (Å²) in [4.78, 5) is 29.1. The number of Topliss-reactive ketones (excluding diaryl/α,β-unsaturated/α-hetero) is 1. The number of ketones is 1. The topological polar surface area (TPSA) is 117 Å². The van der Waals surface area contributed by atoms with Gasteiger partial charge in [-0.25, -0.2) is 8.42 Å². The molecule has 0 saturated carbocycles. The standard InChI is InChI=1S/C32H33Cl2N3O5S/c1-19-14-23(15-20(2)30(19)34)42-12-5-7-25-24-10-9-22(33)17-27(24)37-31(25)29(38)18-43(40,41)13-11-35-32(39)28-16-21-6-3-4-8-26(21)36-28/h3-4,6,8-10,14-15,17,28,36-37H,5,7,11-13,16,18H2,1-2H3,(H,35,39)/t28-/m0/s1. The van der Waals surface area contributed by atoms with Crippen molar-refractivity contribution in [3.63, 3.8) is 0 Å². The van der Waals surface area contributed by atoms with Crippen molar-refractivity contribution in [2.24, 2.45) is 0 Å². The third kappa shape index (κ3) is 7.34. The monoisotopic (exact) mass is 641 g/mol. The molecule has 5 rings (SSSR count). The van der Waals surface area contributed by atoms with Crippen LogP contribution in [-0.4, -0.2) is 55.8 Å². The predicted octanol–water partition coefficient (Wildman–Crippen LogP) is 5.85. The summed E-state index contributed by atoms with van der Waals surface area (Å²) in [5.41, 5.74) is 5.43. The molecule has 0 aliphatic carbocycles. The zero-order valence-corrected chi connectivity index (χ0v) is 26.3. The van der Waals surface area contributed by atoms with Gasteiger partial charge in [0.15, 0.2) is 15.6 Å². The normalized spacial score (nSPS) is 14.4. The molecule has 3 N–H and O–H groups in total. The van der Waals surface area contributed by atoms with E-state index in [-0.39, 0.29) is 23.9 Å². The Hall–Kier alpha value is -3.53. The molecule has 0 saturated heterocycles. The van der Waals surface area contributed by atoms with Crippen molar-refractivity contribution in [3.05, 3.63) is 92.6 Å². The first-order chi connectivity index (χ1) is 20.5. The van der Waals surface area contributed by atoms with E-state index in [1.165, 1.54) is 0 Å². The van der Waals surface area contributed by atoms with Crippen molar-refractivity contribution in [1.82, 2.24) is 10.3 Å². The Labute approximate surface area is 261 Å². The summed E-state index contributed by atoms with van der Waals surface area (Å²) in [5, 5.41) is 7.86. The number of halogens is 2. The molecular weight excluding hydrogens is 609 g/mol. The molecule has 4 aromatic rings. The highest BCUT2D eigenvalue weighted by Crippen LogP contribution is 2.29. The van der Waals surface area contributed by atoms with E-state index < -0.39 is 27.4 Å². The quantitative estimate of drug-likeness (QED) is 0.132. The summed E-state index contributed by atoms with van der Waals surface area (Å²) >= 11 is 12.4. The van der Waals surface area contributed by atoms with Crippen LogP contribution in [0, 0.1) is 13.8 Å². The number of carbonyl (C=O) groups excluding carboxylic acids is 2. The van der Waals surface area contributed by atoms with Crippen LogP contribution in [0.4, 0.5) is 5.69 Å². The zero-order chi connectivity index (χ0) is 30.7. The van der Waals surface area contributed by atoms with Crippen molar-refractivity contribution in [3.8, 4) is 5.75 Å². The molecule has 2 heterocycles. The molecule has 1 atom stereocenters. The van der Waals surface area contributed by atoms with Gasteiger partial charge >= 0.3 is 0 Å². The molecule has 1 aromatic heterocycles. The molecule has 0 unspecified atom stereocenters. The lowest BCUT2D eigenvalue weighted by molar-refractivity contribution is -0.121. The molecular formula is C32H33Cl2N3O5S. The minimum atomic E-state index is -3.80. The van der Waals surface area contributed by atoms with Gasteiger partial charge in [-0.1, -0.05) is 47.5 Å². The highest BCUT2D eigenvalue weighted by Gasteiger charge is 2.27. The number of fused-ring (bicyclic) bond motifs is 2. The first kappa shape index (κ1) is 30.9. The molecule has 1 aliphatic rings. The van der Waals surface area contributed by atoms with Gasteiger partial charge in [-0.15, -0.1) is 0 Å². The second-order valence-corrected chi connectivity index (χ2v) is 13.9. The van der Waals surface area contributed by atoms with E-state index in [2.05, 4.69) is 15.6 Å². The van der Waals surface area contributed by atoms with Gasteiger partial charge in [0.05, 0.1) is 18.1 Å². The van der Waals surface area contributed by atoms with Gasteiger partial charge < -0.3 is 20.4 Å². The molecule has 0 bridgehead atoms. The number of hydrogen-bond donors (Lipinski definition) is 3. The summed E-state index contributed by atoms with van der Waals surface area (Å²) in [7, 11) is -3.80. The fourth-order valence-corrected chi connectivity index (χ4v) is 6.79. The SMILES string of the molecule is Cc1cc(OCCCc2c(C(=O)CS(=O)(=O)CCNC(=O)[C@@H]3Cc4ccccc4N3)[nH]c3cc(Cl)ccc23)cc(C)c1Cl. The molecule has 11 heteroatoms. The van der Waals surface area contributed by atoms with Gasteiger partial charge in [-0.2, -0.15) is 0 Å². The number of anilines is 1. The summed E-state index contributed by atoms with van der Waals surface area (Å²) in [6, 6.07) is 16.2. The van der Waals surface area contributed by atoms with Crippen molar-refractivity contribution in [2.75, 3.05) is 30.0 Å². The molecule has 3 aromatic carbocycles. The first-order valence-electron chi connectivity index (χ1n) is 14.1. The number of aromatic nitrogens is 1. The average molecular weight is 643 g/mol. The maximum atomic E-state index is 13.3. The second kappa shape index (κ2) is 13.0. The number of para-hydroxylation sites is 1. The van der Waals surface area contributed by atoms with Crippen LogP contribution < -0.4 is 15.4 Å². The van der Waals surface area contributed by atoms with Crippen LogP contribution in [-0.2, 0) is 27.5 Å². The number of hydrogen-bond acceptors (Lipinski definition) is 6. The first-order valence-corrected chi connectivity index (χ1v) is 16.6. The van der Waals surface area contributed by atoms with Crippen LogP contribution >= 0.6 is 23.2 Å². The van der Waals surface area contributed by atoms with Crippen LogP contribution in [0.25, 0.3) is 10.9 Å². The number of rotatable bonds is 12. The molecule has 1 aliphatic heterocycles. The van der Waals surface area contributed by atoms with Crippen molar-refractivity contribution >= 4 is 61.3 Å². The molecule has 0 radical (unpaired) electrons. The number of H-pyrrole nitrogens is 1. The summed E-state index contributed by atoms with van der Waals surface area (Å²) < 4.78 is 31.8. The molecule has 43 heavy (non-hydrogen) atoms. The fourth-order valence-electron chi connectivity index (χ4n) is 5.41. The molecule has 226 valence electrons. The van der Waals surface area contributed by atoms with E-state index in [0.29, 0.717) is 47.2 Å². The van der Waals surface area contributed by atoms with E-state index in [0.717, 1.165) is 33.3 Å². The fraction of sp³-hybridized carbons (Fsp3) is 0.312. The van der Waals surface area contributed by atoms with Gasteiger partial charge in [0, 0.05) is 39.6 Å². The van der Waals surface area contributed by atoms with Gasteiger partial charge in [-0.05, 0) is 79.3 Å². The maximum absolute atomic E-state index is 13.3. The van der Waals surface area contributed by atoms with E-state index in [9.17, 15) is 18.0 Å². The predicted molar refractivity (Wildman–Crippen MR) is 172 cm³/mol. The number of aryl methyl sites for hydroxylation is 3. The van der Waals surface area contributed by atoms with E-state index >= 15 is 0 Å². The largest absolute Gasteiger partial charge is 0.494 e. The lowest BCUT2D eigenvalue weighted by atomic mass is 10.0. The average Bonchev–Trinajstić information content (AvgIpc) is 3.55. The third-order valence-corrected chi connectivity index (χ3v) is 9.91. The van der Waals surface area contributed by atoms with Crippen LogP contribution in [0.3, 0.4) is 0 Å². The number of benzene rings is 3. The van der Waals surface area contributed by atoms with Crippen LogP contribution in [0.5, 0.6) is 5.75 Å². The third-order valence-electron chi connectivity index (χ3n) is 7.55. The summed E-state index contributed by atoms with van der Waals surface area (Å²) in [6.07, 6.45) is 1.61. The van der Waals surface area contributed by atoms with E-state index in [1.54, 1.807) is 12.1 Å². The number of amides is 1. The van der Waals surface area contributed by atoms with Gasteiger partial charge in [0.25, 0.3) is 0 Å². The second-order valence-electron chi connectivity index (χ2n) is 10.9. The van der Waals surface area contributed by atoms with Gasteiger partial charge in [0.2, 0.25) is 5.91 Å². The Morgan fingerprint density at radius 3 is 2.53 bits per heavy atom. The van der Waals surface area contributed by atoms with Crippen LogP contribution in [0.15, 0.2) is 54.6 Å². The van der Waals surface area contributed by atoms with Crippen molar-refractivity contribution in [2.45, 2.75) is 39.2 Å². The lowest BCUT2D eigenvalue weighted by Gasteiger charge is -2.12. The van der Waals surface area contributed by atoms with Gasteiger partial charge in [0.1, 0.15) is 17.5 Å². The Bertz CT molecular complexity index is 1750. The minimum Gasteiger partial charge on any atom is -0.494 e. The number of aromatic amines is 1. The van der Waals surface area contributed by atoms with E-state index in [4.69, 9.17) is 27.9 Å². The smallest absolute Gasteiger partial charge is 0.242 e. The highest BCUT2D eigenvalue weighted by atomic mass is 35.5. The Morgan fingerprint density at radius 2 is 1.79 bits per heavy atom. The van der Waals surface area contributed by atoms with Crippen LogP contribution in [0.1, 0.15) is 39.2 Å². The Morgan fingerprint density at radius 1 is 1.05 bits per heavy atom. The Kier molecular flexibility index (Phi) is 9.34. The van der Waals surface area contributed by atoms with Gasteiger partial charge in [-0.3, -0.25) is 9.59 Å². The van der Waals surface area contributed by atoms with E-state index in [1.807, 2.05) is 56.3 Å². The summed E-state index contributed by atoms with van der Waals surface area (Å²) in [6.45, 7) is 4.16. The van der Waals surface area contributed by atoms with Crippen molar-refractivity contribution in [1.29, 1.82) is 0 Å². The number of nitrogens with one attached hydrogen (secondary N) is 3. The number of carbonyl (C=O) groups is 2. The number of sulfone groups is 1. The minimum absolute atomic E-state index is 0.0842. The number of ether oxygens (including phenoxy) is 1. The molecule has 8 nitrogen and oxygen atoms in total. The Balaban J connectivity index is 1.20. The molecule has 0 spiro atoms. The highest BCUT2D eigenvalue weighted by molar-refractivity contribution is 7.92.